The van der Waals surface area contributed by atoms with E-state index in [9.17, 15) is 19.4 Å². The second-order valence-corrected chi connectivity index (χ2v) is 16.5. The molecule has 0 rings (SSSR count). The maximum Gasteiger partial charge on any atom is 0.472 e. The molecule has 0 radical (unpaired) electrons. The number of phosphoric ester groups is 1. The molecule has 0 saturated heterocycles. The van der Waals surface area contributed by atoms with Crippen LogP contribution in [0.2, 0.25) is 0 Å². The Morgan fingerprint density at radius 3 is 1.56 bits per heavy atom. The fourth-order valence-corrected chi connectivity index (χ4v) is 7.01. The summed E-state index contributed by atoms with van der Waals surface area (Å²) in [7, 11) is -4.52. The minimum atomic E-state index is -4.52. The van der Waals surface area contributed by atoms with Crippen LogP contribution in [-0.2, 0) is 27.9 Å². The molecule has 3 N–H and O–H groups in total. The summed E-state index contributed by atoms with van der Waals surface area (Å²) in [5.74, 6) is -0.383. The van der Waals surface area contributed by atoms with E-state index in [1.165, 1.54) is 128 Å². The molecule has 9 nitrogen and oxygen atoms in total. The second-order valence-electron chi connectivity index (χ2n) is 15.1. The molecule has 0 aliphatic carbocycles. The van der Waals surface area contributed by atoms with Gasteiger partial charge >= 0.3 is 13.8 Å². The summed E-state index contributed by atoms with van der Waals surface area (Å²) in [6.07, 6.45) is 42.8. The van der Waals surface area contributed by atoms with Crippen molar-refractivity contribution in [2.75, 3.05) is 33.0 Å². The lowest BCUT2D eigenvalue weighted by Crippen LogP contribution is -2.29. The van der Waals surface area contributed by atoms with Gasteiger partial charge < -0.3 is 24.6 Å². The molecular weight excluding hydrogens is 703 g/mol. The Balaban J connectivity index is 4.11. The van der Waals surface area contributed by atoms with Gasteiger partial charge in [-0.3, -0.25) is 13.8 Å². The normalized spacial score (nSPS) is 14.2. The van der Waals surface area contributed by atoms with E-state index in [4.69, 9.17) is 23.6 Å². The van der Waals surface area contributed by atoms with E-state index in [2.05, 4.69) is 38.2 Å². The van der Waals surface area contributed by atoms with Gasteiger partial charge in [0.15, 0.2) is 0 Å². The predicted octanol–water partition coefficient (Wildman–Crippen LogP) is 12.3. The molecule has 0 aromatic rings. The third-order valence-corrected chi connectivity index (χ3v) is 10.6. The Bertz CT molecular complexity index is 897. The highest BCUT2D eigenvalue weighted by Gasteiger charge is 2.26. The van der Waals surface area contributed by atoms with Gasteiger partial charge in [0.2, 0.25) is 0 Å². The summed E-state index contributed by atoms with van der Waals surface area (Å²) in [5, 5.41) is 18.3. The maximum atomic E-state index is 12.6. The Kier molecular flexibility index (Phi) is 40.8. The largest absolute Gasteiger partial charge is 0.472 e. The quantitative estimate of drug-likeness (QED) is 0.0239. The maximum absolute atomic E-state index is 12.6. The fraction of sp³-hybridized carbons (Fsp3) is 0.886. The molecule has 3 atom stereocenters. The van der Waals surface area contributed by atoms with Crippen LogP contribution >= 0.6 is 7.82 Å². The van der Waals surface area contributed by atoms with Crippen molar-refractivity contribution in [1.82, 2.24) is 0 Å². The number of carbonyl (C=O) groups excluding carboxylic acids is 1. The van der Waals surface area contributed by atoms with E-state index in [0.29, 0.717) is 6.61 Å². The van der Waals surface area contributed by atoms with Crippen molar-refractivity contribution in [2.45, 2.75) is 219 Å². The third-order valence-electron chi connectivity index (χ3n) is 9.62. The van der Waals surface area contributed by atoms with Crippen molar-refractivity contribution >= 4 is 13.8 Å². The number of aliphatic hydroxyl groups excluding tert-OH is 2. The number of esters is 1. The topological polar surface area (TPSA) is 132 Å². The number of rotatable bonds is 43. The zero-order valence-corrected chi connectivity index (χ0v) is 35.8. The van der Waals surface area contributed by atoms with Gasteiger partial charge in [-0.2, -0.15) is 0 Å². The monoisotopic (exact) mass is 789 g/mol. The molecule has 10 heteroatoms. The Labute approximate surface area is 332 Å². The minimum absolute atomic E-state index is 0.0458. The van der Waals surface area contributed by atoms with Crippen LogP contribution in [0.15, 0.2) is 24.3 Å². The summed E-state index contributed by atoms with van der Waals surface area (Å²) in [6.45, 7) is 3.46. The standard InChI is InChI=1S/C44H85O9P/c1-3-5-7-9-11-13-15-17-19-20-21-22-23-24-26-28-30-32-34-36-44(47)53-43(41-52-54(48,49)51-39-42(46)38-45)40-50-37-35-33-31-29-27-25-18-16-14-12-10-8-6-4-2/h8,10,14,16,42-43,45-46H,3-7,9,11-13,15,17-41H2,1-2H3,(H,48,49)/b10-8-,16-14-. The number of hydrogen-bond donors (Lipinski definition) is 3. The number of phosphoric acid groups is 1. The van der Waals surface area contributed by atoms with Crippen molar-refractivity contribution in [2.24, 2.45) is 0 Å². The molecule has 320 valence electrons. The average Bonchev–Trinajstić information content (AvgIpc) is 3.16. The van der Waals surface area contributed by atoms with Crippen molar-refractivity contribution in [1.29, 1.82) is 0 Å². The highest BCUT2D eigenvalue weighted by Crippen LogP contribution is 2.43. The molecule has 0 aliphatic heterocycles. The third kappa shape index (κ3) is 40.6. The number of ether oxygens (including phenoxy) is 2. The second kappa shape index (κ2) is 41.6. The molecular formula is C44H85O9P. The molecule has 0 saturated carbocycles. The first kappa shape index (κ1) is 52.9. The molecule has 0 aromatic heterocycles. The van der Waals surface area contributed by atoms with Crippen LogP contribution in [0.1, 0.15) is 206 Å². The van der Waals surface area contributed by atoms with Gasteiger partial charge in [-0.25, -0.2) is 4.57 Å². The Morgan fingerprint density at radius 2 is 1.04 bits per heavy atom. The van der Waals surface area contributed by atoms with E-state index in [-0.39, 0.29) is 25.6 Å². The van der Waals surface area contributed by atoms with Gasteiger partial charge in [0.1, 0.15) is 12.2 Å². The van der Waals surface area contributed by atoms with E-state index in [1.807, 2.05) is 0 Å². The van der Waals surface area contributed by atoms with E-state index in [1.54, 1.807) is 0 Å². The first-order valence-electron chi connectivity index (χ1n) is 22.3. The first-order chi connectivity index (χ1) is 26.3. The van der Waals surface area contributed by atoms with Crippen LogP contribution in [0.3, 0.4) is 0 Å². The number of carbonyl (C=O) groups is 1. The van der Waals surface area contributed by atoms with Gasteiger partial charge in [0, 0.05) is 13.0 Å². The van der Waals surface area contributed by atoms with E-state index in [0.717, 1.165) is 57.8 Å². The molecule has 0 amide bonds. The van der Waals surface area contributed by atoms with Gasteiger partial charge in [-0.05, 0) is 38.5 Å². The van der Waals surface area contributed by atoms with Crippen molar-refractivity contribution in [3.05, 3.63) is 24.3 Å². The van der Waals surface area contributed by atoms with Crippen LogP contribution in [0.5, 0.6) is 0 Å². The Morgan fingerprint density at radius 1 is 0.574 bits per heavy atom. The summed E-state index contributed by atoms with van der Waals surface area (Å²) < 4.78 is 33.4. The van der Waals surface area contributed by atoms with E-state index < -0.39 is 33.2 Å². The highest BCUT2D eigenvalue weighted by atomic mass is 31.2. The number of unbranched alkanes of at least 4 members (excludes halogenated alkanes) is 25. The predicted molar refractivity (Wildman–Crippen MR) is 224 cm³/mol. The average molecular weight is 789 g/mol. The Hall–Kier alpha value is -1.06. The van der Waals surface area contributed by atoms with Crippen LogP contribution in [0.4, 0.5) is 0 Å². The van der Waals surface area contributed by atoms with Crippen LogP contribution in [0, 0.1) is 0 Å². The lowest BCUT2D eigenvalue weighted by molar-refractivity contribution is -0.154. The molecule has 0 aliphatic rings. The molecule has 0 bridgehead atoms. The lowest BCUT2D eigenvalue weighted by atomic mass is 10.0. The number of hydrogen-bond acceptors (Lipinski definition) is 8. The molecule has 54 heavy (non-hydrogen) atoms. The first-order valence-corrected chi connectivity index (χ1v) is 23.8. The summed E-state index contributed by atoms with van der Waals surface area (Å²) in [5.41, 5.74) is 0. The molecule has 0 heterocycles. The van der Waals surface area contributed by atoms with Gasteiger partial charge in [0.05, 0.1) is 26.4 Å². The fourth-order valence-electron chi connectivity index (χ4n) is 6.22. The van der Waals surface area contributed by atoms with Crippen molar-refractivity contribution in [3.63, 3.8) is 0 Å². The number of allylic oxidation sites excluding steroid dienone is 4. The van der Waals surface area contributed by atoms with Crippen LogP contribution < -0.4 is 0 Å². The SMILES string of the molecule is CCC/C=C\C/C=C\CCCCCCCCOCC(COP(=O)(O)OCC(O)CO)OC(=O)CCCCCCCCCCCCCCCCCCCCC. The molecule has 0 fully saturated rings. The van der Waals surface area contributed by atoms with E-state index >= 15 is 0 Å². The van der Waals surface area contributed by atoms with Crippen LogP contribution in [0.25, 0.3) is 0 Å². The number of aliphatic hydroxyl groups is 2. The van der Waals surface area contributed by atoms with Gasteiger partial charge in [-0.15, -0.1) is 0 Å². The smallest absolute Gasteiger partial charge is 0.457 e. The zero-order valence-electron chi connectivity index (χ0n) is 35.0. The summed E-state index contributed by atoms with van der Waals surface area (Å²) >= 11 is 0. The molecule has 0 aromatic carbocycles. The van der Waals surface area contributed by atoms with Crippen molar-refractivity contribution < 1.29 is 43.0 Å². The van der Waals surface area contributed by atoms with Gasteiger partial charge in [-0.1, -0.05) is 186 Å². The summed E-state index contributed by atoms with van der Waals surface area (Å²) in [6, 6.07) is 0. The molecule has 3 unspecified atom stereocenters. The highest BCUT2D eigenvalue weighted by molar-refractivity contribution is 7.47. The zero-order chi connectivity index (χ0) is 39.6. The summed E-state index contributed by atoms with van der Waals surface area (Å²) in [4.78, 5) is 22.6. The molecule has 0 spiro atoms. The lowest BCUT2D eigenvalue weighted by Gasteiger charge is -2.20. The van der Waals surface area contributed by atoms with Crippen LogP contribution in [-0.4, -0.2) is 66.3 Å². The van der Waals surface area contributed by atoms with Gasteiger partial charge in [0.25, 0.3) is 0 Å². The minimum Gasteiger partial charge on any atom is -0.457 e. The van der Waals surface area contributed by atoms with Crippen molar-refractivity contribution in [3.8, 4) is 0 Å².